The van der Waals surface area contributed by atoms with Gasteiger partial charge < -0.3 is 15.2 Å². The van der Waals surface area contributed by atoms with Crippen LogP contribution in [0.1, 0.15) is 42.5 Å². The molecule has 2 rings (SSSR count). The van der Waals surface area contributed by atoms with Crippen molar-refractivity contribution in [2.75, 3.05) is 13.7 Å². The van der Waals surface area contributed by atoms with Crippen molar-refractivity contribution in [1.29, 1.82) is 0 Å². The van der Waals surface area contributed by atoms with E-state index in [1.54, 1.807) is 0 Å². The van der Waals surface area contributed by atoms with Gasteiger partial charge in [-0.25, -0.2) is 13.2 Å². The maximum absolute atomic E-state index is 12.5. The van der Waals surface area contributed by atoms with E-state index < -0.39 is 27.8 Å². The van der Waals surface area contributed by atoms with Gasteiger partial charge in [0.25, 0.3) is 5.91 Å². The Bertz CT molecular complexity index is 707. The molecule has 0 radical (unpaired) electrons. The Morgan fingerprint density at radius 1 is 1.24 bits per heavy atom. The van der Waals surface area contributed by atoms with Crippen LogP contribution in [0.3, 0.4) is 0 Å². The van der Waals surface area contributed by atoms with Crippen LogP contribution >= 0.6 is 0 Å². The number of nitrogens with one attached hydrogen (secondary N) is 1. The summed E-state index contributed by atoms with van der Waals surface area (Å²) in [6, 6.07) is 4.58. The van der Waals surface area contributed by atoms with Crippen LogP contribution in [0.25, 0.3) is 0 Å². The summed E-state index contributed by atoms with van der Waals surface area (Å²) in [4.78, 5) is 23.5. The van der Waals surface area contributed by atoms with Crippen LogP contribution in [0.5, 0.6) is 0 Å². The lowest BCUT2D eigenvalue weighted by molar-refractivity contribution is -0.139. The predicted molar refractivity (Wildman–Crippen MR) is 91.3 cm³/mol. The highest BCUT2D eigenvalue weighted by molar-refractivity contribution is 7.92. The van der Waals surface area contributed by atoms with E-state index in [1.807, 2.05) is 0 Å². The molecule has 2 N–H and O–H groups in total. The number of hydrogen-bond donors (Lipinski definition) is 2. The number of benzene rings is 1. The molecule has 1 unspecified atom stereocenters. The van der Waals surface area contributed by atoms with Crippen molar-refractivity contribution in [2.45, 2.75) is 48.3 Å². The SMILES string of the molecule is COCCC(NC(=O)c1ccc(S(=O)(=O)C2CCCC2)cc1)C(=O)O. The van der Waals surface area contributed by atoms with Gasteiger partial charge in [-0.1, -0.05) is 12.8 Å². The molecular weight excluding hydrogens is 346 g/mol. The van der Waals surface area contributed by atoms with Crippen LogP contribution in [0, 0.1) is 0 Å². The van der Waals surface area contributed by atoms with E-state index in [9.17, 15) is 18.0 Å². The number of hydrogen-bond acceptors (Lipinski definition) is 5. The second kappa shape index (κ2) is 8.44. The van der Waals surface area contributed by atoms with E-state index in [2.05, 4.69) is 5.32 Å². The summed E-state index contributed by atoms with van der Waals surface area (Å²) in [6.45, 7) is 0.204. The van der Waals surface area contributed by atoms with Gasteiger partial charge in [0.1, 0.15) is 6.04 Å². The van der Waals surface area contributed by atoms with Crippen LogP contribution in [-0.2, 0) is 19.4 Å². The molecule has 25 heavy (non-hydrogen) atoms. The zero-order valence-electron chi connectivity index (χ0n) is 14.1. The van der Waals surface area contributed by atoms with E-state index in [1.165, 1.54) is 31.4 Å². The molecule has 1 atom stereocenters. The van der Waals surface area contributed by atoms with Gasteiger partial charge in [0.05, 0.1) is 10.1 Å². The molecule has 1 aromatic rings. The summed E-state index contributed by atoms with van der Waals surface area (Å²) in [5.41, 5.74) is 0.217. The van der Waals surface area contributed by atoms with Crippen LogP contribution in [0.4, 0.5) is 0 Å². The third-order valence-corrected chi connectivity index (χ3v) is 6.68. The Hall–Kier alpha value is -1.93. The first-order valence-electron chi connectivity index (χ1n) is 8.23. The molecule has 138 valence electrons. The van der Waals surface area contributed by atoms with Crippen LogP contribution in [0.2, 0.25) is 0 Å². The molecule has 0 aromatic heterocycles. The third kappa shape index (κ3) is 4.79. The first-order valence-corrected chi connectivity index (χ1v) is 9.77. The fourth-order valence-corrected chi connectivity index (χ4v) is 4.78. The largest absolute Gasteiger partial charge is 0.480 e. The molecule has 0 bridgehead atoms. The molecule has 1 aromatic carbocycles. The minimum absolute atomic E-state index is 0.145. The molecule has 1 aliphatic rings. The summed E-state index contributed by atoms with van der Waals surface area (Å²) in [5, 5.41) is 11.2. The Balaban J connectivity index is 2.08. The number of carbonyl (C=O) groups is 2. The standard InChI is InChI=1S/C17H23NO6S/c1-24-11-10-15(17(20)21)18-16(19)12-6-8-14(9-7-12)25(22,23)13-4-2-3-5-13/h6-9,13,15H,2-5,10-11H2,1H3,(H,18,19)(H,20,21). The lowest BCUT2D eigenvalue weighted by Gasteiger charge is -2.15. The van der Waals surface area contributed by atoms with E-state index in [4.69, 9.17) is 9.84 Å². The Labute approximate surface area is 147 Å². The second-order valence-electron chi connectivity index (χ2n) is 6.12. The van der Waals surface area contributed by atoms with Gasteiger partial charge in [-0.2, -0.15) is 0 Å². The first-order chi connectivity index (χ1) is 11.9. The third-order valence-electron chi connectivity index (χ3n) is 4.40. The number of methoxy groups -OCH3 is 1. The summed E-state index contributed by atoms with van der Waals surface area (Å²) in [7, 11) is -1.92. The zero-order chi connectivity index (χ0) is 18.4. The van der Waals surface area contributed by atoms with E-state index >= 15 is 0 Å². The number of sulfone groups is 1. The Morgan fingerprint density at radius 3 is 2.36 bits per heavy atom. The summed E-state index contributed by atoms with van der Waals surface area (Å²) in [6.07, 6.45) is 3.32. The van der Waals surface area contributed by atoms with Gasteiger partial charge in [0, 0.05) is 25.7 Å². The topological polar surface area (TPSA) is 110 Å². The van der Waals surface area contributed by atoms with Gasteiger partial charge in [0.15, 0.2) is 9.84 Å². The number of carbonyl (C=O) groups excluding carboxylic acids is 1. The molecule has 0 saturated heterocycles. The highest BCUT2D eigenvalue weighted by atomic mass is 32.2. The quantitative estimate of drug-likeness (QED) is 0.721. The smallest absolute Gasteiger partial charge is 0.326 e. The van der Waals surface area contributed by atoms with Crippen molar-refractivity contribution in [3.63, 3.8) is 0 Å². The fourth-order valence-electron chi connectivity index (χ4n) is 2.92. The highest BCUT2D eigenvalue weighted by Crippen LogP contribution is 2.29. The van der Waals surface area contributed by atoms with E-state index in [0.29, 0.717) is 12.8 Å². The molecule has 0 spiro atoms. The summed E-state index contributed by atoms with van der Waals surface area (Å²) >= 11 is 0. The lowest BCUT2D eigenvalue weighted by atomic mass is 10.1. The molecule has 0 aliphatic heterocycles. The molecule has 1 saturated carbocycles. The number of aliphatic carboxylic acids is 1. The van der Waals surface area contributed by atoms with Crippen LogP contribution in [-0.4, -0.2) is 50.4 Å². The molecule has 0 heterocycles. The maximum Gasteiger partial charge on any atom is 0.326 e. The first kappa shape index (κ1) is 19.4. The highest BCUT2D eigenvalue weighted by Gasteiger charge is 2.30. The number of carboxylic acids is 1. The maximum atomic E-state index is 12.5. The molecule has 1 fully saturated rings. The second-order valence-corrected chi connectivity index (χ2v) is 8.35. The Morgan fingerprint density at radius 2 is 1.84 bits per heavy atom. The van der Waals surface area contributed by atoms with Crippen molar-refractivity contribution in [3.05, 3.63) is 29.8 Å². The van der Waals surface area contributed by atoms with Crippen LogP contribution in [0.15, 0.2) is 29.2 Å². The van der Waals surface area contributed by atoms with E-state index in [-0.39, 0.29) is 28.7 Å². The molecule has 8 heteroatoms. The van der Waals surface area contributed by atoms with Crippen molar-refractivity contribution in [1.82, 2.24) is 5.32 Å². The fraction of sp³-hybridized carbons (Fsp3) is 0.529. The van der Waals surface area contributed by atoms with Gasteiger partial charge in [0.2, 0.25) is 0 Å². The van der Waals surface area contributed by atoms with Gasteiger partial charge in [-0.3, -0.25) is 4.79 Å². The number of carboxylic acid groups (broad SMARTS) is 1. The molecule has 1 amide bonds. The van der Waals surface area contributed by atoms with Crippen molar-refractivity contribution >= 4 is 21.7 Å². The van der Waals surface area contributed by atoms with Gasteiger partial charge >= 0.3 is 5.97 Å². The minimum atomic E-state index is -3.37. The zero-order valence-corrected chi connectivity index (χ0v) is 14.9. The normalized spacial score (nSPS) is 16.5. The van der Waals surface area contributed by atoms with Gasteiger partial charge in [-0.05, 0) is 37.1 Å². The molecule has 7 nitrogen and oxygen atoms in total. The number of rotatable bonds is 8. The summed E-state index contributed by atoms with van der Waals surface area (Å²) < 4.78 is 29.8. The van der Waals surface area contributed by atoms with Crippen LogP contribution < -0.4 is 5.32 Å². The minimum Gasteiger partial charge on any atom is -0.480 e. The van der Waals surface area contributed by atoms with Crippen molar-refractivity contribution in [2.24, 2.45) is 0 Å². The number of ether oxygens (including phenoxy) is 1. The lowest BCUT2D eigenvalue weighted by Crippen LogP contribution is -2.41. The monoisotopic (exact) mass is 369 g/mol. The predicted octanol–water partition coefficient (Wildman–Crippen LogP) is 1.62. The average Bonchev–Trinajstić information content (AvgIpc) is 3.13. The molecular formula is C17H23NO6S. The van der Waals surface area contributed by atoms with E-state index in [0.717, 1.165) is 12.8 Å². The van der Waals surface area contributed by atoms with Crippen molar-refractivity contribution in [3.8, 4) is 0 Å². The molecule has 1 aliphatic carbocycles. The Kier molecular flexibility index (Phi) is 6.55. The average molecular weight is 369 g/mol. The number of amides is 1. The van der Waals surface area contributed by atoms with Gasteiger partial charge in [-0.15, -0.1) is 0 Å². The summed E-state index contributed by atoms with van der Waals surface area (Å²) in [5.74, 6) is -1.71. The van der Waals surface area contributed by atoms with Crippen molar-refractivity contribution < 1.29 is 27.9 Å².